The molecule has 0 unspecified atom stereocenters. The van der Waals surface area contributed by atoms with Gasteiger partial charge in [-0.05, 0) is 37.9 Å². The van der Waals surface area contributed by atoms with Crippen molar-refractivity contribution >= 4 is 20.1 Å². The Morgan fingerprint density at radius 1 is 1.46 bits per heavy atom. The van der Waals surface area contributed by atoms with Crippen molar-refractivity contribution in [3.8, 4) is 0 Å². The molecule has 0 aliphatic rings. The molecule has 0 heterocycles. The molecule has 0 bridgehead atoms. The first-order valence-corrected chi connectivity index (χ1v) is 9.02. The van der Waals surface area contributed by atoms with Gasteiger partial charge in [-0.1, -0.05) is 24.8 Å². The van der Waals surface area contributed by atoms with E-state index in [1.54, 1.807) is 11.8 Å². The molecule has 0 aromatic carbocycles. The molecular formula is C10H20OSSi. The first kappa shape index (κ1) is 12.8. The summed E-state index contributed by atoms with van der Waals surface area (Å²) in [6.07, 6.45) is 4.90. The van der Waals surface area contributed by atoms with Crippen LogP contribution in [-0.4, -0.2) is 14.1 Å². The minimum Gasteiger partial charge on any atom is -0.540 e. The van der Waals surface area contributed by atoms with Gasteiger partial charge in [-0.15, -0.1) is 6.58 Å². The normalized spacial score (nSPS) is 12.8. The van der Waals surface area contributed by atoms with Crippen molar-refractivity contribution in [2.24, 2.45) is 0 Å². The summed E-state index contributed by atoms with van der Waals surface area (Å²) < 4.78 is 5.90. The Labute approximate surface area is 87.4 Å². The van der Waals surface area contributed by atoms with E-state index in [-0.39, 0.29) is 0 Å². The molecule has 0 aliphatic heterocycles. The molecule has 0 amide bonds. The van der Waals surface area contributed by atoms with Gasteiger partial charge in [-0.2, -0.15) is 0 Å². The van der Waals surface area contributed by atoms with Crippen molar-refractivity contribution in [3.63, 3.8) is 0 Å². The molecule has 76 valence electrons. The maximum absolute atomic E-state index is 5.90. The van der Waals surface area contributed by atoms with Crippen molar-refractivity contribution in [2.45, 2.75) is 33.0 Å². The van der Waals surface area contributed by atoms with Crippen molar-refractivity contribution in [3.05, 3.63) is 23.8 Å². The van der Waals surface area contributed by atoms with Crippen LogP contribution in [-0.2, 0) is 4.43 Å². The van der Waals surface area contributed by atoms with E-state index in [1.807, 2.05) is 6.08 Å². The number of allylic oxidation sites excluding steroid dienone is 2. The Morgan fingerprint density at radius 2 is 2.08 bits per heavy atom. The molecule has 0 aromatic rings. The lowest BCUT2D eigenvalue weighted by Crippen LogP contribution is -2.24. The Balaban J connectivity index is 4.16. The zero-order valence-electron chi connectivity index (χ0n) is 9.09. The second kappa shape index (κ2) is 6.32. The van der Waals surface area contributed by atoms with E-state index in [4.69, 9.17) is 4.43 Å². The highest BCUT2D eigenvalue weighted by Gasteiger charge is 2.17. The standard InChI is InChI=1S/C10H20OSSi/c1-6-8-9-10(12-7-2)11-13(3,4)5/h6,9H,1,7-8H2,2-5H3/b10-9-. The highest BCUT2D eigenvalue weighted by Crippen LogP contribution is 2.22. The van der Waals surface area contributed by atoms with Gasteiger partial charge in [0.15, 0.2) is 0 Å². The van der Waals surface area contributed by atoms with Crippen LogP contribution in [0.1, 0.15) is 13.3 Å². The van der Waals surface area contributed by atoms with Crippen LogP contribution in [0, 0.1) is 0 Å². The Kier molecular flexibility index (Phi) is 6.25. The fraction of sp³-hybridized carbons (Fsp3) is 0.600. The van der Waals surface area contributed by atoms with E-state index in [9.17, 15) is 0 Å². The summed E-state index contributed by atoms with van der Waals surface area (Å²) in [7, 11) is -1.43. The van der Waals surface area contributed by atoms with Gasteiger partial charge in [0.25, 0.3) is 0 Å². The molecule has 0 saturated heterocycles. The van der Waals surface area contributed by atoms with Crippen LogP contribution < -0.4 is 0 Å². The number of thioether (sulfide) groups is 1. The highest BCUT2D eigenvalue weighted by atomic mass is 32.2. The highest BCUT2D eigenvalue weighted by molar-refractivity contribution is 8.02. The molecule has 0 aromatic heterocycles. The number of rotatable bonds is 6. The van der Waals surface area contributed by atoms with Crippen molar-refractivity contribution in [1.29, 1.82) is 0 Å². The lowest BCUT2D eigenvalue weighted by molar-refractivity contribution is 0.462. The molecule has 3 heteroatoms. The minimum absolute atomic E-state index is 0.896. The molecule has 0 radical (unpaired) electrons. The van der Waals surface area contributed by atoms with Gasteiger partial charge < -0.3 is 4.43 Å². The van der Waals surface area contributed by atoms with E-state index in [0.29, 0.717) is 0 Å². The third-order valence-electron chi connectivity index (χ3n) is 1.14. The van der Waals surface area contributed by atoms with E-state index in [2.05, 4.69) is 39.2 Å². The molecule has 0 N–H and O–H groups in total. The summed E-state index contributed by atoms with van der Waals surface area (Å²) in [5.41, 5.74) is 0. The molecule has 0 aliphatic carbocycles. The lowest BCUT2D eigenvalue weighted by atomic mass is 10.4. The molecule has 0 atom stereocenters. The van der Waals surface area contributed by atoms with E-state index in [0.717, 1.165) is 17.3 Å². The maximum Gasteiger partial charge on any atom is 0.242 e. The average molecular weight is 216 g/mol. The molecule has 0 spiro atoms. The van der Waals surface area contributed by atoms with Gasteiger partial charge in [0.1, 0.15) is 5.09 Å². The third-order valence-corrected chi connectivity index (χ3v) is 2.95. The fourth-order valence-electron chi connectivity index (χ4n) is 0.754. The first-order valence-electron chi connectivity index (χ1n) is 4.62. The Morgan fingerprint density at radius 3 is 2.46 bits per heavy atom. The van der Waals surface area contributed by atoms with Crippen molar-refractivity contribution in [1.82, 2.24) is 0 Å². The van der Waals surface area contributed by atoms with E-state index < -0.39 is 8.32 Å². The van der Waals surface area contributed by atoms with Crippen molar-refractivity contribution < 1.29 is 4.43 Å². The van der Waals surface area contributed by atoms with E-state index in [1.165, 1.54) is 0 Å². The predicted octanol–water partition coefficient (Wildman–Crippen LogP) is 4.01. The minimum atomic E-state index is -1.43. The second-order valence-corrected chi connectivity index (χ2v) is 9.39. The summed E-state index contributed by atoms with van der Waals surface area (Å²) in [5, 5.41) is 1.07. The van der Waals surface area contributed by atoms with Crippen LogP contribution in [0.3, 0.4) is 0 Å². The largest absolute Gasteiger partial charge is 0.540 e. The maximum atomic E-state index is 5.90. The molecule has 1 nitrogen and oxygen atoms in total. The van der Waals surface area contributed by atoms with Crippen LogP contribution in [0.2, 0.25) is 19.6 Å². The zero-order chi connectivity index (χ0) is 10.3. The number of hydrogen-bond donors (Lipinski definition) is 0. The second-order valence-electron chi connectivity index (χ2n) is 3.69. The van der Waals surface area contributed by atoms with Gasteiger partial charge in [-0.25, -0.2) is 0 Å². The van der Waals surface area contributed by atoms with Gasteiger partial charge in [0, 0.05) is 0 Å². The smallest absolute Gasteiger partial charge is 0.242 e. The van der Waals surface area contributed by atoms with E-state index >= 15 is 0 Å². The van der Waals surface area contributed by atoms with Crippen LogP contribution in [0.5, 0.6) is 0 Å². The average Bonchev–Trinajstić information content (AvgIpc) is 1.98. The SMILES string of the molecule is C=CC/C=C(/O[Si](C)(C)C)SCC. The van der Waals surface area contributed by atoms with Gasteiger partial charge in [0.2, 0.25) is 8.32 Å². The van der Waals surface area contributed by atoms with Crippen LogP contribution in [0.4, 0.5) is 0 Å². The summed E-state index contributed by atoms with van der Waals surface area (Å²) in [6, 6.07) is 0. The first-order chi connectivity index (χ1) is 5.99. The monoisotopic (exact) mass is 216 g/mol. The third kappa shape index (κ3) is 8.18. The number of hydrogen-bond acceptors (Lipinski definition) is 2. The van der Waals surface area contributed by atoms with Crippen LogP contribution in [0.15, 0.2) is 23.8 Å². The quantitative estimate of drug-likeness (QED) is 0.377. The van der Waals surface area contributed by atoms with Gasteiger partial charge >= 0.3 is 0 Å². The van der Waals surface area contributed by atoms with Crippen molar-refractivity contribution in [2.75, 3.05) is 5.75 Å². The summed E-state index contributed by atoms with van der Waals surface area (Å²) in [4.78, 5) is 0. The summed E-state index contributed by atoms with van der Waals surface area (Å²) in [6.45, 7) is 12.4. The molecule has 0 saturated carbocycles. The molecule has 0 rings (SSSR count). The molecule has 0 fully saturated rings. The lowest BCUT2D eigenvalue weighted by Gasteiger charge is -2.20. The predicted molar refractivity (Wildman–Crippen MR) is 65.5 cm³/mol. The Bertz CT molecular complexity index is 182. The Hall–Kier alpha value is -0.153. The molecule has 13 heavy (non-hydrogen) atoms. The zero-order valence-corrected chi connectivity index (χ0v) is 10.9. The van der Waals surface area contributed by atoms with Crippen LogP contribution >= 0.6 is 11.8 Å². The summed E-state index contributed by atoms with van der Waals surface area (Å²) in [5.74, 6) is 1.06. The molecular weight excluding hydrogens is 196 g/mol. The van der Waals surface area contributed by atoms with Gasteiger partial charge in [0.05, 0.1) is 0 Å². The topological polar surface area (TPSA) is 9.23 Å². The fourth-order valence-corrected chi connectivity index (χ4v) is 2.92. The van der Waals surface area contributed by atoms with Crippen LogP contribution in [0.25, 0.3) is 0 Å². The van der Waals surface area contributed by atoms with Gasteiger partial charge in [-0.3, -0.25) is 0 Å². The summed E-state index contributed by atoms with van der Waals surface area (Å²) >= 11 is 1.77.